The monoisotopic (exact) mass is 360 g/mol. The van der Waals surface area contributed by atoms with E-state index in [1.807, 2.05) is 0 Å². The first-order valence-corrected chi connectivity index (χ1v) is 7.95. The zero-order valence-electron chi connectivity index (χ0n) is 14.6. The number of halogens is 2. The summed E-state index contributed by atoms with van der Waals surface area (Å²) in [6.07, 6.45) is -2.64. The number of hydrogen-bond donors (Lipinski definition) is 1. The number of anilines is 1. The highest BCUT2D eigenvalue weighted by Gasteiger charge is 2.20. The second kappa shape index (κ2) is 7.07. The van der Waals surface area contributed by atoms with Gasteiger partial charge in [0.1, 0.15) is 12.3 Å². The van der Waals surface area contributed by atoms with Gasteiger partial charge in [-0.25, -0.2) is 18.4 Å². The number of nitrogens with one attached hydrogen (secondary N) is 1. The Morgan fingerprint density at radius 3 is 2.77 bits per heavy atom. The third kappa shape index (κ3) is 3.49. The summed E-state index contributed by atoms with van der Waals surface area (Å²) in [6.45, 7) is 3.12. The molecule has 3 aromatic rings. The zero-order valence-corrected chi connectivity index (χ0v) is 14.6. The summed E-state index contributed by atoms with van der Waals surface area (Å²) < 4.78 is 33.1. The van der Waals surface area contributed by atoms with E-state index in [0.29, 0.717) is 28.2 Å². The fourth-order valence-electron chi connectivity index (χ4n) is 2.84. The van der Waals surface area contributed by atoms with Crippen LogP contribution >= 0.6 is 0 Å². The maximum Gasteiger partial charge on any atom is 0.264 e. The van der Waals surface area contributed by atoms with E-state index in [0.717, 1.165) is 0 Å². The zero-order chi connectivity index (χ0) is 18.8. The number of rotatable bonds is 5. The van der Waals surface area contributed by atoms with Gasteiger partial charge in [-0.3, -0.25) is 4.79 Å². The second-order valence-corrected chi connectivity index (χ2v) is 5.88. The minimum Gasteiger partial charge on any atom is -0.497 e. The molecule has 0 unspecified atom stereocenters. The largest absolute Gasteiger partial charge is 0.497 e. The quantitative estimate of drug-likeness (QED) is 0.754. The van der Waals surface area contributed by atoms with Gasteiger partial charge < -0.3 is 10.1 Å². The lowest BCUT2D eigenvalue weighted by Gasteiger charge is -2.08. The first kappa shape index (κ1) is 17.8. The average Bonchev–Trinajstić information content (AvgIpc) is 2.89. The van der Waals surface area contributed by atoms with Crippen molar-refractivity contribution in [1.29, 1.82) is 0 Å². The summed E-state index contributed by atoms with van der Waals surface area (Å²) in [7, 11) is 1.54. The Balaban J connectivity index is 1.90. The van der Waals surface area contributed by atoms with Crippen LogP contribution in [-0.4, -0.2) is 27.8 Å². The number of ether oxygens (including phenoxy) is 1. The Bertz CT molecular complexity index is 969. The van der Waals surface area contributed by atoms with E-state index in [1.165, 1.54) is 17.9 Å². The third-order valence-electron chi connectivity index (χ3n) is 3.92. The molecule has 0 aliphatic heterocycles. The van der Waals surface area contributed by atoms with Crippen molar-refractivity contribution in [2.45, 2.75) is 26.8 Å². The Morgan fingerprint density at radius 2 is 2.08 bits per heavy atom. The Hall–Kier alpha value is -3.03. The number of fused-ring (bicyclic) bond motifs is 1. The van der Waals surface area contributed by atoms with Crippen molar-refractivity contribution in [3.63, 3.8) is 0 Å². The van der Waals surface area contributed by atoms with Crippen molar-refractivity contribution < 1.29 is 18.3 Å². The van der Waals surface area contributed by atoms with E-state index in [4.69, 9.17) is 4.74 Å². The van der Waals surface area contributed by atoms with Crippen LogP contribution in [0.3, 0.4) is 0 Å². The van der Waals surface area contributed by atoms with Crippen LogP contribution < -0.4 is 10.1 Å². The minimum atomic E-state index is -2.64. The number of amides is 1. The van der Waals surface area contributed by atoms with Gasteiger partial charge in [0, 0.05) is 23.0 Å². The molecule has 2 heterocycles. The van der Waals surface area contributed by atoms with Crippen LogP contribution in [0.15, 0.2) is 30.3 Å². The lowest BCUT2D eigenvalue weighted by Crippen LogP contribution is -2.20. The molecule has 26 heavy (non-hydrogen) atoms. The topological polar surface area (TPSA) is 69.0 Å². The summed E-state index contributed by atoms with van der Waals surface area (Å²) in [5.74, 6) is 0.270. The van der Waals surface area contributed by atoms with Gasteiger partial charge in [0.15, 0.2) is 5.65 Å². The van der Waals surface area contributed by atoms with E-state index < -0.39 is 6.43 Å². The summed E-state index contributed by atoms with van der Waals surface area (Å²) >= 11 is 0. The molecular formula is C18H18F2N4O2. The summed E-state index contributed by atoms with van der Waals surface area (Å²) in [5.41, 5.74) is 1.59. The molecule has 6 nitrogen and oxygen atoms in total. The van der Waals surface area contributed by atoms with E-state index in [2.05, 4.69) is 15.4 Å². The molecule has 2 aromatic heterocycles. The third-order valence-corrected chi connectivity index (χ3v) is 3.92. The van der Waals surface area contributed by atoms with Gasteiger partial charge in [-0.05, 0) is 32.0 Å². The molecule has 3 rings (SSSR count). The van der Waals surface area contributed by atoms with Crippen LogP contribution in [0.5, 0.6) is 5.75 Å². The molecule has 0 fully saturated rings. The fraction of sp³-hybridized carbons (Fsp3) is 0.278. The molecule has 0 aliphatic carbocycles. The van der Waals surface area contributed by atoms with Gasteiger partial charge in [0.2, 0.25) is 5.91 Å². The molecule has 0 saturated heterocycles. The second-order valence-electron chi connectivity index (χ2n) is 5.88. The highest BCUT2D eigenvalue weighted by atomic mass is 19.3. The Kier molecular flexibility index (Phi) is 4.83. The summed E-state index contributed by atoms with van der Waals surface area (Å²) in [5, 5.41) is 7.25. The SMILES string of the molecule is COc1cccc(NC(=O)Cn2nc(C)c3c(C(F)F)cc(C)nc32)c1. The first-order chi connectivity index (χ1) is 12.4. The van der Waals surface area contributed by atoms with E-state index in [1.54, 1.807) is 38.1 Å². The predicted octanol–water partition coefficient (Wildman–Crippen LogP) is 3.63. The number of carbonyl (C=O) groups excluding carboxylic acids is 1. The molecule has 136 valence electrons. The Labute approximate surface area is 148 Å². The molecule has 1 aromatic carbocycles. The van der Waals surface area contributed by atoms with Crippen molar-refractivity contribution >= 4 is 22.6 Å². The maximum absolute atomic E-state index is 13.3. The molecule has 0 radical (unpaired) electrons. The maximum atomic E-state index is 13.3. The standard InChI is InChI=1S/C18H18F2N4O2/c1-10-7-14(17(19)20)16-11(2)23-24(18(16)21-10)9-15(25)22-12-5-4-6-13(8-12)26-3/h4-8,17H,9H2,1-3H3,(H,22,25). The molecule has 0 aliphatic rings. The molecule has 8 heteroatoms. The molecule has 0 saturated carbocycles. The fourth-order valence-corrected chi connectivity index (χ4v) is 2.84. The van der Waals surface area contributed by atoms with Crippen LogP contribution in [0.2, 0.25) is 0 Å². The minimum absolute atomic E-state index is 0.121. The van der Waals surface area contributed by atoms with Gasteiger partial charge in [-0.1, -0.05) is 6.07 Å². The van der Waals surface area contributed by atoms with Crippen molar-refractivity contribution in [3.8, 4) is 5.75 Å². The van der Waals surface area contributed by atoms with Crippen molar-refractivity contribution in [2.75, 3.05) is 12.4 Å². The average molecular weight is 360 g/mol. The number of nitrogens with zero attached hydrogens (tertiary/aromatic N) is 3. The highest BCUT2D eigenvalue weighted by molar-refractivity contribution is 5.92. The molecule has 1 amide bonds. The van der Waals surface area contributed by atoms with Crippen molar-refractivity contribution in [3.05, 3.63) is 47.3 Å². The van der Waals surface area contributed by atoms with Gasteiger partial charge >= 0.3 is 0 Å². The van der Waals surface area contributed by atoms with Gasteiger partial charge in [0.25, 0.3) is 6.43 Å². The number of alkyl halides is 2. The number of methoxy groups -OCH3 is 1. The number of benzene rings is 1. The molecule has 0 bridgehead atoms. The number of carbonyl (C=O) groups is 1. The number of hydrogen-bond acceptors (Lipinski definition) is 4. The normalized spacial score (nSPS) is 11.2. The van der Waals surface area contributed by atoms with E-state index >= 15 is 0 Å². The van der Waals surface area contributed by atoms with Crippen LogP contribution in [0, 0.1) is 13.8 Å². The van der Waals surface area contributed by atoms with Crippen LogP contribution in [0.4, 0.5) is 14.5 Å². The number of pyridine rings is 1. The predicted molar refractivity (Wildman–Crippen MR) is 93.6 cm³/mol. The molecular weight excluding hydrogens is 342 g/mol. The van der Waals surface area contributed by atoms with Crippen molar-refractivity contribution in [2.24, 2.45) is 0 Å². The summed E-state index contributed by atoms with van der Waals surface area (Å²) in [6, 6.07) is 8.27. The number of aryl methyl sites for hydroxylation is 2. The van der Waals surface area contributed by atoms with Crippen LogP contribution in [-0.2, 0) is 11.3 Å². The highest BCUT2D eigenvalue weighted by Crippen LogP contribution is 2.30. The van der Waals surface area contributed by atoms with Gasteiger partial charge in [-0.15, -0.1) is 0 Å². The van der Waals surface area contributed by atoms with Crippen LogP contribution in [0.25, 0.3) is 11.0 Å². The molecule has 1 N–H and O–H groups in total. The molecule has 0 spiro atoms. The van der Waals surface area contributed by atoms with Gasteiger partial charge in [-0.2, -0.15) is 5.10 Å². The first-order valence-electron chi connectivity index (χ1n) is 7.95. The smallest absolute Gasteiger partial charge is 0.264 e. The summed E-state index contributed by atoms with van der Waals surface area (Å²) in [4.78, 5) is 16.6. The molecule has 0 atom stereocenters. The number of aromatic nitrogens is 3. The Morgan fingerprint density at radius 1 is 1.31 bits per heavy atom. The van der Waals surface area contributed by atoms with Gasteiger partial charge in [0.05, 0.1) is 18.2 Å². The van der Waals surface area contributed by atoms with Crippen LogP contribution in [0.1, 0.15) is 23.4 Å². The van der Waals surface area contributed by atoms with Crippen molar-refractivity contribution in [1.82, 2.24) is 14.8 Å². The van der Waals surface area contributed by atoms with E-state index in [-0.39, 0.29) is 23.7 Å². The lowest BCUT2D eigenvalue weighted by molar-refractivity contribution is -0.116. The van der Waals surface area contributed by atoms with E-state index in [9.17, 15) is 13.6 Å². The lowest BCUT2D eigenvalue weighted by atomic mass is 10.1.